The van der Waals surface area contributed by atoms with Crippen molar-refractivity contribution in [3.8, 4) is 5.75 Å². The van der Waals surface area contributed by atoms with E-state index in [1.807, 2.05) is 0 Å². The van der Waals surface area contributed by atoms with Crippen LogP contribution in [-0.2, 0) is 0 Å². The molecule has 0 aliphatic rings. The lowest BCUT2D eigenvalue weighted by atomic mass is 10.3. The van der Waals surface area contributed by atoms with Gasteiger partial charge in [0.1, 0.15) is 0 Å². The van der Waals surface area contributed by atoms with Gasteiger partial charge < -0.3 is 4.74 Å². The van der Waals surface area contributed by atoms with Gasteiger partial charge >= 0.3 is 5.69 Å². The molecule has 0 spiro atoms. The van der Waals surface area contributed by atoms with Gasteiger partial charge in [0.15, 0.2) is 5.75 Å². The molecule has 4 heteroatoms. The Bertz CT molecular complexity index is 285. The summed E-state index contributed by atoms with van der Waals surface area (Å²) < 4.78 is 5.04. The van der Waals surface area contributed by atoms with Crippen LogP contribution in [0.1, 0.15) is 6.92 Å². The number of nitro groups is 1. The van der Waals surface area contributed by atoms with Crippen LogP contribution in [0.5, 0.6) is 5.75 Å². The van der Waals surface area contributed by atoms with Crippen molar-refractivity contribution in [3.05, 3.63) is 34.4 Å². The zero-order valence-electron chi connectivity index (χ0n) is 6.61. The number of benzene rings is 1. The number of nitrogens with zero attached hydrogens (tertiary/aromatic N) is 1. The van der Waals surface area contributed by atoms with Crippen LogP contribution < -0.4 is 4.74 Å². The first-order chi connectivity index (χ1) is 5.75. The molecular weight excluding hydrogens is 158 g/mol. The van der Waals surface area contributed by atoms with Gasteiger partial charge in [-0.25, -0.2) is 0 Å². The maximum absolute atomic E-state index is 10.4. The highest BCUT2D eigenvalue weighted by molar-refractivity contribution is 5.45. The highest BCUT2D eigenvalue weighted by Crippen LogP contribution is 2.25. The summed E-state index contributed by atoms with van der Waals surface area (Å²) in [4.78, 5) is 9.92. The molecule has 1 aromatic carbocycles. The monoisotopic (exact) mass is 166 g/mol. The van der Waals surface area contributed by atoms with E-state index in [0.717, 1.165) is 0 Å². The SMILES string of the molecule is CCOc1cc[c]cc1[N+](=O)[O-]. The topological polar surface area (TPSA) is 52.4 Å². The largest absolute Gasteiger partial charge is 0.487 e. The summed E-state index contributed by atoms with van der Waals surface area (Å²) >= 11 is 0. The number of nitro benzene ring substituents is 1. The Labute approximate surface area is 69.9 Å². The van der Waals surface area contributed by atoms with E-state index in [9.17, 15) is 10.1 Å². The molecule has 0 N–H and O–H groups in total. The van der Waals surface area contributed by atoms with Crippen molar-refractivity contribution in [1.82, 2.24) is 0 Å². The Morgan fingerprint density at radius 1 is 1.75 bits per heavy atom. The van der Waals surface area contributed by atoms with Gasteiger partial charge in [-0.1, -0.05) is 6.07 Å². The number of ether oxygens (including phenoxy) is 1. The van der Waals surface area contributed by atoms with Crippen molar-refractivity contribution in [2.75, 3.05) is 6.61 Å². The summed E-state index contributed by atoms with van der Waals surface area (Å²) in [6, 6.07) is 7.03. The van der Waals surface area contributed by atoms with Crippen LogP contribution in [0.2, 0.25) is 0 Å². The predicted octanol–water partition coefficient (Wildman–Crippen LogP) is 1.79. The second-order valence-corrected chi connectivity index (χ2v) is 2.08. The zero-order chi connectivity index (χ0) is 8.97. The van der Waals surface area contributed by atoms with Crippen LogP contribution in [0.15, 0.2) is 18.2 Å². The van der Waals surface area contributed by atoms with Crippen LogP contribution >= 0.6 is 0 Å². The normalized spacial score (nSPS) is 9.42. The molecule has 0 aromatic heterocycles. The lowest BCUT2D eigenvalue weighted by Crippen LogP contribution is -1.96. The molecule has 0 saturated heterocycles. The van der Waals surface area contributed by atoms with Gasteiger partial charge in [0.25, 0.3) is 0 Å². The average molecular weight is 166 g/mol. The number of hydrogen-bond donors (Lipinski definition) is 0. The highest BCUT2D eigenvalue weighted by atomic mass is 16.6. The Hall–Kier alpha value is -1.58. The van der Waals surface area contributed by atoms with Crippen molar-refractivity contribution < 1.29 is 9.66 Å². The van der Waals surface area contributed by atoms with Crippen LogP contribution in [-0.4, -0.2) is 11.5 Å². The molecule has 0 fully saturated rings. The maximum atomic E-state index is 10.4. The molecule has 1 aromatic rings. The summed E-state index contributed by atoms with van der Waals surface area (Å²) in [6.07, 6.45) is 0. The highest BCUT2D eigenvalue weighted by Gasteiger charge is 2.12. The molecule has 1 rings (SSSR count). The van der Waals surface area contributed by atoms with Gasteiger partial charge in [-0.15, -0.1) is 0 Å². The maximum Gasteiger partial charge on any atom is 0.311 e. The Morgan fingerprint density at radius 2 is 2.50 bits per heavy atom. The van der Waals surface area contributed by atoms with E-state index in [1.165, 1.54) is 12.1 Å². The number of rotatable bonds is 3. The van der Waals surface area contributed by atoms with Crippen molar-refractivity contribution in [3.63, 3.8) is 0 Å². The minimum atomic E-state index is -0.485. The van der Waals surface area contributed by atoms with Gasteiger partial charge in [0.2, 0.25) is 0 Å². The third-order valence-corrected chi connectivity index (χ3v) is 1.30. The van der Waals surface area contributed by atoms with Crippen LogP contribution in [0, 0.1) is 16.2 Å². The van der Waals surface area contributed by atoms with Gasteiger partial charge in [0, 0.05) is 6.07 Å². The minimum Gasteiger partial charge on any atom is -0.487 e. The van der Waals surface area contributed by atoms with Gasteiger partial charge in [-0.2, -0.15) is 0 Å². The molecule has 0 aliphatic carbocycles. The average Bonchev–Trinajstić information content (AvgIpc) is 2.05. The van der Waals surface area contributed by atoms with Crippen molar-refractivity contribution in [1.29, 1.82) is 0 Å². The Kier molecular flexibility index (Phi) is 2.63. The van der Waals surface area contributed by atoms with Gasteiger partial charge in [-0.05, 0) is 19.1 Å². The Morgan fingerprint density at radius 3 is 3.08 bits per heavy atom. The van der Waals surface area contributed by atoms with E-state index < -0.39 is 4.92 Å². The molecule has 0 heterocycles. The van der Waals surface area contributed by atoms with E-state index in [4.69, 9.17) is 4.74 Å². The van der Waals surface area contributed by atoms with E-state index in [0.29, 0.717) is 12.4 Å². The van der Waals surface area contributed by atoms with Crippen molar-refractivity contribution in [2.24, 2.45) is 0 Å². The predicted molar refractivity (Wildman–Crippen MR) is 43.1 cm³/mol. The van der Waals surface area contributed by atoms with Crippen molar-refractivity contribution in [2.45, 2.75) is 6.92 Å². The first-order valence-electron chi connectivity index (χ1n) is 3.53. The molecular formula is C8H8NO3. The lowest BCUT2D eigenvalue weighted by Gasteiger charge is -2.01. The van der Waals surface area contributed by atoms with Crippen LogP contribution in [0.3, 0.4) is 0 Å². The number of hydrogen-bond acceptors (Lipinski definition) is 3. The quantitative estimate of drug-likeness (QED) is 0.508. The fourth-order valence-corrected chi connectivity index (χ4v) is 0.828. The summed E-state index contributed by atoms with van der Waals surface area (Å²) in [7, 11) is 0. The van der Waals surface area contributed by atoms with Gasteiger partial charge in [-0.3, -0.25) is 10.1 Å². The molecule has 0 saturated carbocycles. The second kappa shape index (κ2) is 3.71. The molecule has 63 valence electrons. The van der Waals surface area contributed by atoms with E-state index in [1.54, 1.807) is 13.0 Å². The molecule has 4 nitrogen and oxygen atoms in total. The summed E-state index contributed by atoms with van der Waals surface area (Å²) in [5, 5.41) is 10.4. The first kappa shape index (κ1) is 8.52. The minimum absolute atomic E-state index is 0.0423. The fraction of sp³-hybridized carbons (Fsp3) is 0.250. The molecule has 1 radical (unpaired) electrons. The first-order valence-corrected chi connectivity index (χ1v) is 3.53. The fourth-order valence-electron chi connectivity index (χ4n) is 0.828. The summed E-state index contributed by atoms with van der Waals surface area (Å²) in [5.74, 6) is 0.293. The summed E-state index contributed by atoms with van der Waals surface area (Å²) in [6.45, 7) is 2.20. The lowest BCUT2D eigenvalue weighted by molar-refractivity contribution is -0.385. The van der Waals surface area contributed by atoms with E-state index >= 15 is 0 Å². The molecule has 0 unspecified atom stereocenters. The smallest absolute Gasteiger partial charge is 0.311 e. The van der Waals surface area contributed by atoms with Gasteiger partial charge in [0.05, 0.1) is 11.5 Å². The molecule has 0 aliphatic heterocycles. The molecule has 0 atom stereocenters. The van der Waals surface area contributed by atoms with Crippen molar-refractivity contribution >= 4 is 5.69 Å². The van der Waals surface area contributed by atoms with Crippen LogP contribution in [0.4, 0.5) is 5.69 Å². The zero-order valence-corrected chi connectivity index (χ0v) is 6.61. The molecule has 12 heavy (non-hydrogen) atoms. The third-order valence-electron chi connectivity index (χ3n) is 1.30. The standard InChI is InChI=1S/C8H8NO3/c1-2-12-8-6-4-3-5-7(8)9(10)11/h4-6H,2H2,1H3. The summed E-state index contributed by atoms with van der Waals surface area (Å²) in [5.41, 5.74) is -0.0423. The molecule has 0 amide bonds. The molecule has 0 bridgehead atoms. The second-order valence-electron chi connectivity index (χ2n) is 2.08. The van der Waals surface area contributed by atoms with E-state index in [2.05, 4.69) is 6.07 Å². The van der Waals surface area contributed by atoms with E-state index in [-0.39, 0.29) is 5.69 Å². The Balaban J connectivity index is 3.00. The van der Waals surface area contributed by atoms with Crippen LogP contribution in [0.25, 0.3) is 0 Å². The third kappa shape index (κ3) is 1.72.